The molecule has 112 valence electrons. The second-order valence-electron chi connectivity index (χ2n) is 5.88. The Morgan fingerprint density at radius 3 is 2.52 bits per heavy atom. The molecule has 0 saturated heterocycles. The van der Waals surface area contributed by atoms with Gasteiger partial charge in [0.1, 0.15) is 0 Å². The van der Waals surface area contributed by atoms with Crippen molar-refractivity contribution in [2.45, 2.75) is 39.7 Å². The fourth-order valence-electron chi connectivity index (χ4n) is 1.91. The fraction of sp³-hybridized carbons (Fsp3) is 0.438. The van der Waals surface area contributed by atoms with Crippen LogP contribution in [0.5, 0.6) is 0 Å². The minimum atomic E-state index is -0.293. The SMILES string of the molecule is CC(=O)N(CCC(=O)NC(C)(C)C)c1cccc(C#N)c1. The average Bonchev–Trinajstić information content (AvgIpc) is 2.36. The normalized spacial score (nSPS) is 10.6. The molecule has 2 amide bonds. The molecule has 1 aromatic carbocycles. The van der Waals surface area contributed by atoms with Crippen molar-refractivity contribution in [2.75, 3.05) is 11.4 Å². The zero-order valence-corrected chi connectivity index (χ0v) is 12.9. The van der Waals surface area contributed by atoms with E-state index in [1.807, 2.05) is 26.8 Å². The first-order chi connectivity index (χ1) is 9.73. The van der Waals surface area contributed by atoms with Gasteiger partial charge in [0.2, 0.25) is 11.8 Å². The van der Waals surface area contributed by atoms with Crippen LogP contribution in [0, 0.1) is 11.3 Å². The van der Waals surface area contributed by atoms with Crippen LogP contribution in [0.1, 0.15) is 39.7 Å². The Labute approximate surface area is 125 Å². The number of carbonyl (C=O) groups excluding carboxylic acids is 2. The van der Waals surface area contributed by atoms with Gasteiger partial charge >= 0.3 is 0 Å². The molecule has 0 atom stereocenters. The zero-order chi connectivity index (χ0) is 16.0. The van der Waals surface area contributed by atoms with E-state index in [2.05, 4.69) is 5.32 Å². The van der Waals surface area contributed by atoms with E-state index in [1.165, 1.54) is 11.8 Å². The maximum Gasteiger partial charge on any atom is 0.223 e. The number of nitrogens with one attached hydrogen (secondary N) is 1. The lowest BCUT2D eigenvalue weighted by atomic mass is 10.1. The lowest BCUT2D eigenvalue weighted by molar-refractivity contribution is -0.122. The second kappa shape index (κ2) is 6.89. The number of amides is 2. The molecule has 0 radical (unpaired) electrons. The number of hydrogen-bond donors (Lipinski definition) is 1. The quantitative estimate of drug-likeness (QED) is 0.922. The molecule has 0 spiro atoms. The molecule has 0 unspecified atom stereocenters. The fourth-order valence-corrected chi connectivity index (χ4v) is 1.91. The summed E-state index contributed by atoms with van der Waals surface area (Å²) in [5, 5.41) is 11.8. The lowest BCUT2D eigenvalue weighted by Crippen LogP contribution is -2.42. The van der Waals surface area contributed by atoms with E-state index < -0.39 is 0 Å². The van der Waals surface area contributed by atoms with Gasteiger partial charge in [-0.3, -0.25) is 9.59 Å². The van der Waals surface area contributed by atoms with Gasteiger partial charge in [0.05, 0.1) is 11.6 Å². The number of rotatable bonds is 4. The van der Waals surface area contributed by atoms with Crippen LogP contribution >= 0.6 is 0 Å². The van der Waals surface area contributed by atoms with Crippen LogP contribution in [0.15, 0.2) is 24.3 Å². The van der Waals surface area contributed by atoms with Crippen LogP contribution in [0.25, 0.3) is 0 Å². The molecule has 0 heterocycles. The smallest absolute Gasteiger partial charge is 0.223 e. The molecular formula is C16H21N3O2. The predicted molar refractivity (Wildman–Crippen MR) is 81.7 cm³/mol. The number of nitrogens with zero attached hydrogens (tertiary/aromatic N) is 2. The van der Waals surface area contributed by atoms with Gasteiger partial charge in [0, 0.05) is 31.1 Å². The Balaban J connectivity index is 2.77. The van der Waals surface area contributed by atoms with Crippen LogP contribution < -0.4 is 10.2 Å². The molecule has 0 aromatic heterocycles. The number of carbonyl (C=O) groups is 2. The molecule has 1 rings (SSSR count). The van der Waals surface area contributed by atoms with Crippen molar-refractivity contribution in [2.24, 2.45) is 0 Å². The van der Waals surface area contributed by atoms with Crippen LogP contribution in [0.2, 0.25) is 0 Å². The van der Waals surface area contributed by atoms with Gasteiger partial charge in [-0.25, -0.2) is 0 Å². The summed E-state index contributed by atoms with van der Waals surface area (Å²) in [7, 11) is 0. The number of benzene rings is 1. The second-order valence-corrected chi connectivity index (χ2v) is 5.88. The molecule has 0 aliphatic rings. The van der Waals surface area contributed by atoms with E-state index in [4.69, 9.17) is 5.26 Å². The molecule has 0 fully saturated rings. The Kier molecular flexibility index (Phi) is 5.48. The van der Waals surface area contributed by atoms with Crippen molar-refractivity contribution in [3.05, 3.63) is 29.8 Å². The Morgan fingerprint density at radius 1 is 1.33 bits per heavy atom. The van der Waals surface area contributed by atoms with Gasteiger partial charge in [-0.15, -0.1) is 0 Å². The highest BCUT2D eigenvalue weighted by Gasteiger charge is 2.17. The van der Waals surface area contributed by atoms with Crippen molar-refractivity contribution < 1.29 is 9.59 Å². The monoisotopic (exact) mass is 287 g/mol. The van der Waals surface area contributed by atoms with E-state index >= 15 is 0 Å². The summed E-state index contributed by atoms with van der Waals surface area (Å²) >= 11 is 0. The van der Waals surface area contributed by atoms with Crippen molar-refractivity contribution in [1.82, 2.24) is 5.32 Å². The van der Waals surface area contributed by atoms with Gasteiger partial charge < -0.3 is 10.2 Å². The largest absolute Gasteiger partial charge is 0.351 e. The predicted octanol–water partition coefficient (Wildman–Crippen LogP) is 2.22. The highest BCUT2D eigenvalue weighted by Crippen LogP contribution is 2.16. The molecule has 0 bridgehead atoms. The summed E-state index contributed by atoms with van der Waals surface area (Å²) in [6, 6.07) is 8.83. The zero-order valence-electron chi connectivity index (χ0n) is 12.9. The first kappa shape index (κ1) is 16.7. The van der Waals surface area contributed by atoms with E-state index in [1.54, 1.807) is 24.3 Å². The van der Waals surface area contributed by atoms with Crippen molar-refractivity contribution in [1.29, 1.82) is 5.26 Å². The minimum absolute atomic E-state index is 0.106. The highest BCUT2D eigenvalue weighted by atomic mass is 16.2. The van der Waals surface area contributed by atoms with Gasteiger partial charge in [0.25, 0.3) is 0 Å². The standard InChI is InChI=1S/C16H21N3O2/c1-12(20)19(9-8-15(21)18-16(2,3)4)14-7-5-6-13(10-14)11-17/h5-7,10H,8-9H2,1-4H3,(H,18,21). The van der Waals surface area contributed by atoms with Crippen LogP contribution in [-0.2, 0) is 9.59 Å². The maximum absolute atomic E-state index is 11.8. The number of hydrogen-bond acceptors (Lipinski definition) is 3. The molecular weight excluding hydrogens is 266 g/mol. The molecule has 0 aliphatic carbocycles. The van der Waals surface area contributed by atoms with Gasteiger partial charge in [-0.05, 0) is 39.0 Å². The van der Waals surface area contributed by atoms with Gasteiger partial charge in [-0.1, -0.05) is 6.07 Å². The van der Waals surface area contributed by atoms with E-state index in [0.29, 0.717) is 11.3 Å². The Bertz CT molecular complexity index is 568. The third-order valence-corrected chi connectivity index (χ3v) is 2.74. The van der Waals surface area contributed by atoms with Gasteiger partial charge in [-0.2, -0.15) is 5.26 Å². The summed E-state index contributed by atoms with van der Waals surface area (Å²) in [5.41, 5.74) is 0.821. The van der Waals surface area contributed by atoms with Gasteiger partial charge in [0.15, 0.2) is 0 Å². The maximum atomic E-state index is 11.8. The molecule has 5 heteroatoms. The minimum Gasteiger partial charge on any atom is -0.351 e. The molecule has 0 saturated carbocycles. The van der Waals surface area contributed by atoms with Crippen LogP contribution in [0.4, 0.5) is 5.69 Å². The van der Waals surface area contributed by atoms with Crippen molar-refractivity contribution in [3.8, 4) is 6.07 Å². The number of nitriles is 1. The van der Waals surface area contributed by atoms with Crippen molar-refractivity contribution >= 4 is 17.5 Å². The molecule has 0 aliphatic heterocycles. The Hall–Kier alpha value is -2.35. The molecule has 5 nitrogen and oxygen atoms in total. The summed E-state index contributed by atoms with van der Waals surface area (Å²) in [4.78, 5) is 25.1. The first-order valence-corrected chi connectivity index (χ1v) is 6.82. The highest BCUT2D eigenvalue weighted by molar-refractivity contribution is 5.92. The molecule has 21 heavy (non-hydrogen) atoms. The third kappa shape index (κ3) is 5.65. The summed E-state index contributed by atoms with van der Waals surface area (Å²) in [6.45, 7) is 7.45. The summed E-state index contributed by atoms with van der Waals surface area (Å²) in [5.74, 6) is -0.265. The van der Waals surface area contributed by atoms with E-state index in [9.17, 15) is 9.59 Å². The third-order valence-electron chi connectivity index (χ3n) is 2.74. The molecule has 1 aromatic rings. The topological polar surface area (TPSA) is 73.2 Å². The van der Waals surface area contributed by atoms with Crippen LogP contribution in [0.3, 0.4) is 0 Å². The lowest BCUT2D eigenvalue weighted by Gasteiger charge is -2.24. The first-order valence-electron chi connectivity index (χ1n) is 6.82. The van der Waals surface area contributed by atoms with E-state index in [0.717, 1.165) is 0 Å². The summed E-state index contributed by atoms with van der Waals surface area (Å²) in [6.07, 6.45) is 0.216. The number of anilines is 1. The van der Waals surface area contributed by atoms with Crippen LogP contribution in [-0.4, -0.2) is 23.9 Å². The Morgan fingerprint density at radius 2 is 2.00 bits per heavy atom. The summed E-state index contributed by atoms with van der Waals surface area (Å²) < 4.78 is 0. The van der Waals surface area contributed by atoms with E-state index in [-0.39, 0.29) is 30.3 Å². The average molecular weight is 287 g/mol. The molecule has 1 N–H and O–H groups in total. The van der Waals surface area contributed by atoms with Crippen molar-refractivity contribution in [3.63, 3.8) is 0 Å².